The zero-order valence-corrected chi connectivity index (χ0v) is 20.4. The smallest absolute Gasteiger partial charge is 0.225 e. The number of carbonyl (C=O) groups is 2. The van der Waals surface area contributed by atoms with Crippen LogP contribution in [0, 0.1) is 17.7 Å². The molecule has 0 bridgehead atoms. The van der Waals surface area contributed by atoms with Crippen LogP contribution in [0.1, 0.15) is 44.6 Å². The van der Waals surface area contributed by atoms with Crippen molar-refractivity contribution < 1.29 is 14.0 Å². The molecule has 0 saturated carbocycles. The average Bonchev–Trinajstić information content (AvgIpc) is 3.25. The number of likely N-dealkylation sites (tertiary alicyclic amines) is 2. The van der Waals surface area contributed by atoms with Gasteiger partial charge in [-0.25, -0.2) is 4.39 Å². The van der Waals surface area contributed by atoms with Crippen LogP contribution in [-0.2, 0) is 16.0 Å². The number of amides is 2. The maximum Gasteiger partial charge on any atom is 0.225 e. The highest BCUT2D eigenvalue weighted by Gasteiger charge is 2.31. The Bertz CT molecular complexity index is 1200. The summed E-state index contributed by atoms with van der Waals surface area (Å²) in [5.74, 6) is 0.710. The number of benzene rings is 2. The number of aromatic amines is 1. The van der Waals surface area contributed by atoms with Gasteiger partial charge in [-0.15, -0.1) is 0 Å². The first-order valence-corrected chi connectivity index (χ1v) is 12.9. The maximum absolute atomic E-state index is 14.1. The molecule has 1 N–H and O–H groups in total. The van der Waals surface area contributed by atoms with Crippen LogP contribution in [0.25, 0.3) is 22.2 Å². The molecular formula is C29H34FN3O2. The van der Waals surface area contributed by atoms with Crippen molar-refractivity contribution in [3.63, 3.8) is 0 Å². The number of rotatable bonds is 5. The second-order valence-corrected chi connectivity index (χ2v) is 10.2. The van der Waals surface area contributed by atoms with Gasteiger partial charge in [-0.1, -0.05) is 37.3 Å². The molecule has 2 aliphatic rings. The molecule has 3 heterocycles. The fourth-order valence-corrected chi connectivity index (χ4v) is 5.74. The molecular weight excluding hydrogens is 441 g/mol. The van der Waals surface area contributed by atoms with Gasteiger partial charge in [0, 0.05) is 55.1 Å². The molecule has 5 nitrogen and oxygen atoms in total. The van der Waals surface area contributed by atoms with Crippen LogP contribution in [0.4, 0.5) is 4.39 Å². The van der Waals surface area contributed by atoms with Crippen LogP contribution in [0.2, 0.25) is 0 Å². The first-order chi connectivity index (χ1) is 17.0. The Balaban J connectivity index is 1.24. The number of nitrogens with one attached hydrogen (secondary N) is 1. The predicted molar refractivity (Wildman–Crippen MR) is 136 cm³/mol. The first kappa shape index (κ1) is 23.6. The van der Waals surface area contributed by atoms with E-state index in [0.29, 0.717) is 31.8 Å². The van der Waals surface area contributed by atoms with Gasteiger partial charge in [0.25, 0.3) is 0 Å². The molecule has 0 aliphatic carbocycles. The van der Waals surface area contributed by atoms with Crippen LogP contribution >= 0.6 is 0 Å². The summed E-state index contributed by atoms with van der Waals surface area (Å²) in [6, 6.07) is 14.7. The topological polar surface area (TPSA) is 56.4 Å². The van der Waals surface area contributed by atoms with E-state index in [2.05, 4.69) is 11.9 Å². The van der Waals surface area contributed by atoms with E-state index in [-0.39, 0.29) is 23.5 Å². The quantitative estimate of drug-likeness (QED) is 0.537. The number of fused-ring (bicyclic) bond motifs is 1. The Morgan fingerprint density at radius 2 is 1.77 bits per heavy atom. The second kappa shape index (κ2) is 10.2. The molecule has 2 aliphatic heterocycles. The van der Waals surface area contributed by atoms with Crippen molar-refractivity contribution >= 4 is 22.7 Å². The van der Waals surface area contributed by atoms with Crippen LogP contribution in [0.5, 0.6) is 0 Å². The van der Waals surface area contributed by atoms with Crippen molar-refractivity contribution in [2.75, 3.05) is 26.2 Å². The summed E-state index contributed by atoms with van der Waals surface area (Å²) < 4.78 is 14.1. The highest BCUT2D eigenvalue weighted by atomic mass is 19.1. The highest BCUT2D eigenvalue weighted by molar-refractivity contribution is 5.91. The van der Waals surface area contributed by atoms with Crippen molar-refractivity contribution in [2.45, 2.75) is 45.4 Å². The van der Waals surface area contributed by atoms with Gasteiger partial charge in [-0.3, -0.25) is 9.59 Å². The molecule has 2 fully saturated rings. The molecule has 3 aromatic rings. The lowest BCUT2D eigenvalue weighted by Gasteiger charge is -2.37. The fraction of sp³-hybridized carbons (Fsp3) is 0.448. The number of piperidine rings is 2. The summed E-state index contributed by atoms with van der Waals surface area (Å²) in [6.07, 6.45) is 4.67. The molecule has 2 amide bonds. The summed E-state index contributed by atoms with van der Waals surface area (Å²) in [5.41, 5.74) is 3.82. The zero-order valence-electron chi connectivity index (χ0n) is 20.4. The third kappa shape index (κ3) is 5.12. The molecule has 6 heteroatoms. The monoisotopic (exact) mass is 475 g/mol. The average molecular weight is 476 g/mol. The Morgan fingerprint density at radius 3 is 2.51 bits per heavy atom. The van der Waals surface area contributed by atoms with Gasteiger partial charge >= 0.3 is 0 Å². The minimum Gasteiger partial charge on any atom is -0.354 e. The third-order valence-electron chi connectivity index (χ3n) is 7.69. The lowest BCUT2D eigenvalue weighted by atomic mass is 9.92. The van der Waals surface area contributed by atoms with E-state index in [1.165, 1.54) is 12.5 Å². The summed E-state index contributed by atoms with van der Waals surface area (Å²) >= 11 is 0. The molecule has 0 spiro atoms. The highest BCUT2D eigenvalue weighted by Crippen LogP contribution is 2.32. The van der Waals surface area contributed by atoms with Gasteiger partial charge in [0.2, 0.25) is 11.8 Å². The Labute approximate surface area is 206 Å². The van der Waals surface area contributed by atoms with Crippen LogP contribution in [0.3, 0.4) is 0 Å². The third-order valence-corrected chi connectivity index (χ3v) is 7.69. The number of carbonyl (C=O) groups excluding carboxylic acids is 2. The van der Waals surface area contributed by atoms with E-state index in [1.807, 2.05) is 40.1 Å². The lowest BCUT2D eigenvalue weighted by Crippen LogP contribution is -2.47. The number of aromatic nitrogens is 1. The number of H-pyrrole nitrogens is 1. The SMILES string of the molecule is CC1CCCN(C(=O)C2CCN(C(=O)CCc3c(-c4ccccc4)[nH]c4ccc(F)cc34)CC2)C1. The van der Waals surface area contributed by atoms with Crippen molar-refractivity contribution in [1.82, 2.24) is 14.8 Å². The van der Waals surface area contributed by atoms with Crippen molar-refractivity contribution in [3.8, 4) is 11.3 Å². The van der Waals surface area contributed by atoms with E-state index in [4.69, 9.17) is 0 Å². The van der Waals surface area contributed by atoms with Crippen molar-refractivity contribution in [3.05, 3.63) is 59.9 Å². The normalized spacial score (nSPS) is 19.3. The van der Waals surface area contributed by atoms with Gasteiger partial charge in [-0.2, -0.15) is 0 Å². The Morgan fingerprint density at radius 1 is 1.00 bits per heavy atom. The minimum absolute atomic E-state index is 0.0330. The van der Waals surface area contributed by atoms with E-state index in [0.717, 1.165) is 60.1 Å². The Hall–Kier alpha value is -3.15. The van der Waals surface area contributed by atoms with Gasteiger partial charge in [0.1, 0.15) is 5.82 Å². The second-order valence-electron chi connectivity index (χ2n) is 10.2. The number of halogens is 1. The molecule has 35 heavy (non-hydrogen) atoms. The van der Waals surface area contributed by atoms with E-state index in [1.54, 1.807) is 12.1 Å². The number of hydrogen-bond acceptors (Lipinski definition) is 2. The molecule has 2 saturated heterocycles. The summed E-state index contributed by atoms with van der Waals surface area (Å²) in [4.78, 5) is 33.5. The van der Waals surface area contributed by atoms with Crippen LogP contribution in [-0.4, -0.2) is 52.8 Å². The summed E-state index contributed by atoms with van der Waals surface area (Å²) in [5, 5.41) is 0.830. The Kier molecular flexibility index (Phi) is 6.89. The van der Waals surface area contributed by atoms with E-state index in [9.17, 15) is 14.0 Å². The molecule has 0 radical (unpaired) electrons. The number of aryl methyl sites for hydroxylation is 1. The molecule has 1 atom stereocenters. The van der Waals surface area contributed by atoms with Crippen LogP contribution in [0.15, 0.2) is 48.5 Å². The van der Waals surface area contributed by atoms with Gasteiger partial charge in [0.15, 0.2) is 0 Å². The lowest BCUT2D eigenvalue weighted by molar-refractivity contribution is -0.142. The van der Waals surface area contributed by atoms with Gasteiger partial charge in [-0.05, 0) is 67.3 Å². The fourth-order valence-electron chi connectivity index (χ4n) is 5.74. The summed E-state index contributed by atoms with van der Waals surface area (Å²) in [7, 11) is 0. The predicted octanol–water partition coefficient (Wildman–Crippen LogP) is 5.40. The molecule has 5 rings (SSSR count). The largest absolute Gasteiger partial charge is 0.354 e. The summed E-state index contributed by atoms with van der Waals surface area (Å²) in [6.45, 7) is 5.22. The van der Waals surface area contributed by atoms with E-state index < -0.39 is 0 Å². The number of hydrogen-bond donors (Lipinski definition) is 1. The standard InChI is InChI=1S/C29H34FN3O2/c1-20-6-5-15-33(19-20)29(35)22-13-16-32(17-14-22)27(34)12-10-24-25-18-23(30)9-11-26(25)31-28(24)21-7-3-2-4-8-21/h2-4,7-9,11,18,20,22,31H,5-6,10,12-17,19H2,1H3. The van der Waals surface area contributed by atoms with Gasteiger partial charge < -0.3 is 14.8 Å². The molecule has 2 aromatic carbocycles. The van der Waals surface area contributed by atoms with Gasteiger partial charge in [0.05, 0.1) is 0 Å². The maximum atomic E-state index is 14.1. The molecule has 1 unspecified atom stereocenters. The molecule has 1 aromatic heterocycles. The number of nitrogens with zero attached hydrogens (tertiary/aromatic N) is 2. The minimum atomic E-state index is -0.279. The van der Waals surface area contributed by atoms with Crippen LogP contribution < -0.4 is 0 Å². The molecule has 184 valence electrons. The van der Waals surface area contributed by atoms with Crippen molar-refractivity contribution in [2.24, 2.45) is 11.8 Å². The van der Waals surface area contributed by atoms with Crippen molar-refractivity contribution in [1.29, 1.82) is 0 Å². The first-order valence-electron chi connectivity index (χ1n) is 12.9. The van der Waals surface area contributed by atoms with E-state index >= 15 is 0 Å². The zero-order chi connectivity index (χ0) is 24.4.